The lowest BCUT2D eigenvalue weighted by atomic mass is 10.0. The fourth-order valence-electron chi connectivity index (χ4n) is 5.10. The lowest BCUT2D eigenvalue weighted by Crippen LogP contribution is -2.49. The zero-order valence-corrected chi connectivity index (χ0v) is 20.6. The third-order valence-electron chi connectivity index (χ3n) is 6.59. The van der Waals surface area contributed by atoms with E-state index in [4.69, 9.17) is 4.74 Å². The first-order chi connectivity index (χ1) is 16.5. The normalized spacial score (nSPS) is 20.4. The van der Waals surface area contributed by atoms with E-state index >= 15 is 0 Å². The molecule has 2 unspecified atom stereocenters. The van der Waals surface area contributed by atoms with Crippen molar-refractivity contribution in [2.75, 3.05) is 30.3 Å². The van der Waals surface area contributed by atoms with E-state index in [1.54, 1.807) is 11.8 Å². The molecule has 0 radical (unpaired) electrons. The lowest BCUT2D eigenvalue weighted by Gasteiger charge is -2.35. The van der Waals surface area contributed by atoms with Crippen LogP contribution in [0.5, 0.6) is 0 Å². The lowest BCUT2D eigenvalue weighted by molar-refractivity contribution is -0.143. The van der Waals surface area contributed by atoms with Gasteiger partial charge < -0.3 is 19.1 Å². The van der Waals surface area contributed by atoms with Gasteiger partial charge in [0.2, 0.25) is 11.8 Å². The van der Waals surface area contributed by atoms with Crippen LogP contribution in [-0.4, -0.2) is 58.9 Å². The van der Waals surface area contributed by atoms with Crippen molar-refractivity contribution in [1.82, 2.24) is 9.47 Å². The van der Waals surface area contributed by atoms with Crippen molar-refractivity contribution < 1.29 is 14.3 Å². The molecular weight excluding hydrogens is 446 g/mol. The van der Waals surface area contributed by atoms with Crippen molar-refractivity contribution in [1.29, 1.82) is 0 Å². The van der Waals surface area contributed by atoms with Crippen molar-refractivity contribution in [3.05, 3.63) is 60.3 Å². The van der Waals surface area contributed by atoms with Crippen LogP contribution in [0, 0.1) is 0 Å². The second-order valence-electron chi connectivity index (χ2n) is 9.26. The van der Waals surface area contributed by atoms with E-state index in [0.29, 0.717) is 18.8 Å². The number of benzene rings is 2. The number of morpholine rings is 1. The number of nitrogens with zero attached hydrogens (tertiary/aromatic N) is 3. The fourth-order valence-corrected chi connectivity index (χ4v) is 6.06. The molecule has 1 aromatic heterocycles. The molecule has 178 valence electrons. The minimum absolute atomic E-state index is 0.0474. The largest absolute Gasteiger partial charge is 0.372 e. The SMILES string of the molecule is CC1CN(C(=O)Cn2cc(SCC(=O)N3CCCc4ccccc43)c3ccccc32)CC(C)O1. The van der Waals surface area contributed by atoms with Crippen LogP contribution in [0.3, 0.4) is 0 Å². The average molecular weight is 478 g/mol. The zero-order chi connectivity index (χ0) is 23.7. The standard InChI is InChI=1S/C27H31N3O3S/c1-19-14-29(15-20(2)33-19)26(31)17-28-16-25(22-10-4-6-12-24(22)28)34-18-27(32)30-13-7-9-21-8-3-5-11-23(21)30/h3-6,8,10-12,16,19-20H,7,9,13-15,17-18H2,1-2H3. The van der Waals surface area contributed by atoms with Crippen molar-refractivity contribution in [3.63, 3.8) is 0 Å². The van der Waals surface area contributed by atoms with E-state index in [1.807, 2.05) is 70.8 Å². The molecule has 0 spiro atoms. The van der Waals surface area contributed by atoms with E-state index in [2.05, 4.69) is 12.1 Å². The first-order valence-electron chi connectivity index (χ1n) is 12.0. The number of fused-ring (bicyclic) bond motifs is 2. The van der Waals surface area contributed by atoms with Crippen molar-refractivity contribution in [2.24, 2.45) is 0 Å². The Morgan fingerprint density at radius 1 is 1.00 bits per heavy atom. The summed E-state index contributed by atoms with van der Waals surface area (Å²) in [5.74, 6) is 0.594. The molecule has 0 saturated carbocycles. The number of rotatable bonds is 5. The highest BCUT2D eigenvalue weighted by Gasteiger charge is 2.27. The monoisotopic (exact) mass is 477 g/mol. The zero-order valence-electron chi connectivity index (χ0n) is 19.8. The Kier molecular flexibility index (Phi) is 6.66. The Morgan fingerprint density at radius 2 is 1.74 bits per heavy atom. The molecule has 0 bridgehead atoms. The summed E-state index contributed by atoms with van der Waals surface area (Å²) in [6.07, 6.45) is 4.14. The van der Waals surface area contributed by atoms with Gasteiger partial charge in [-0.1, -0.05) is 36.4 Å². The molecule has 6 nitrogen and oxygen atoms in total. The van der Waals surface area contributed by atoms with Gasteiger partial charge in [-0.05, 0) is 44.4 Å². The van der Waals surface area contributed by atoms with E-state index < -0.39 is 0 Å². The summed E-state index contributed by atoms with van der Waals surface area (Å²) in [7, 11) is 0. The van der Waals surface area contributed by atoms with Gasteiger partial charge in [-0.15, -0.1) is 11.8 Å². The average Bonchev–Trinajstić information content (AvgIpc) is 3.19. The molecule has 5 rings (SSSR count). The second kappa shape index (κ2) is 9.84. The molecule has 2 aliphatic heterocycles. The van der Waals surface area contributed by atoms with Gasteiger partial charge in [-0.2, -0.15) is 0 Å². The minimum atomic E-state index is 0.0474. The van der Waals surface area contributed by atoms with Crippen molar-refractivity contribution in [2.45, 2.75) is 50.3 Å². The highest BCUT2D eigenvalue weighted by molar-refractivity contribution is 8.00. The van der Waals surface area contributed by atoms with Crippen LogP contribution in [0.15, 0.2) is 59.6 Å². The van der Waals surface area contributed by atoms with E-state index in [1.165, 1.54) is 5.56 Å². The van der Waals surface area contributed by atoms with Crippen LogP contribution in [-0.2, 0) is 27.3 Å². The molecule has 2 atom stereocenters. The van der Waals surface area contributed by atoms with Crippen LogP contribution in [0.2, 0.25) is 0 Å². The summed E-state index contributed by atoms with van der Waals surface area (Å²) >= 11 is 1.55. The minimum Gasteiger partial charge on any atom is -0.372 e. The van der Waals surface area contributed by atoms with Crippen LogP contribution in [0.4, 0.5) is 5.69 Å². The quantitative estimate of drug-likeness (QED) is 0.513. The van der Waals surface area contributed by atoms with Gasteiger partial charge >= 0.3 is 0 Å². The van der Waals surface area contributed by atoms with Gasteiger partial charge in [0, 0.05) is 47.3 Å². The Hall–Kier alpha value is -2.77. The summed E-state index contributed by atoms with van der Waals surface area (Å²) in [5.41, 5.74) is 3.30. The number of thioether (sulfide) groups is 1. The maximum absolute atomic E-state index is 13.1. The van der Waals surface area contributed by atoms with Gasteiger partial charge in [0.1, 0.15) is 6.54 Å². The van der Waals surface area contributed by atoms with Gasteiger partial charge in [0.05, 0.1) is 18.0 Å². The molecule has 2 aromatic carbocycles. The molecule has 3 heterocycles. The summed E-state index contributed by atoms with van der Waals surface area (Å²) < 4.78 is 7.80. The number of aromatic nitrogens is 1. The number of carbonyl (C=O) groups excluding carboxylic acids is 2. The molecule has 0 N–H and O–H groups in total. The molecule has 1 saturated heterocycles. The summed E-state index contributed by atoms with van der Waals surface area (Å²) in [5, 5.41) is 1.08. The second-order valence-corrected chi connectivity index (χ2v) is 10.3. The van der Waals surface area contributed by atoms with E-state index in [9.17, 15) is 9.59 Å². The highest BCUT2D eigenvalue weighted by Crippen LogP contribution is 2.32. The number of hydrogen-bond acceptors (Lipinski definition) is 4. The number of para-hydroxylation sites is 2. The number of hydrogen-bond donors (Lipinski definition) is 0. The smallest absolute Gasteiger partial charge is 0.242 e. The predicted molar refractivity (Wildman–Crippen MR) is 136 cm³/mol. The molecule has 0 aliphatic carbocycles. The maximum Gasteiger partial charge on any atom is 0.242 e. The van der Waals surface area contributed by atoms with Crippen molar-refractivity contribution in [3.8, 4) is 0 Å². The summed E-state index contributed by atoms with van der Waals surface area (Å²) in [6, 6.07) is 16.3. The van der Waals surface area contributed by atoms with E-state index in [0.717, 1.165) is 40.9 Å². The summed E-state index contributed by atoms with van der Waals surface area (Å²) in [4.78, 5) is 31.1. The van der Waals surface area contributed by atoms with Crippen LogP contribution >= 0.6 is 11.8 Å². The van der Waals surface area contributed by atoms with Crippen LogP contribution in [0.25, 0.3) is 10.9 Å². The number of ether oxygens (including phenoxy) is 1. The molecule has 7 heteroatoms. The molecular formula is C27H31N3O3S. The first-order valence-corrected chi connectivity index (χ1v) is 13.0. The fraction of sp³-hybridized carbons (Fsp3) is 0.407. The van der Waals surface area contributed by atoms with Crippen LogP contribution < -0.4 is 4.90 Å². The van der Waals surface area contributed by atoms with Gasteiger partial charge in [0.15, 0.2) is 0 Å². The van der Waals surface area contributed by atoms with Gasteiger partial charge in [-0.25, -0.2) is 0 Å². The molecule has 34 heavy (non-hydrogen) atoms. The Balaban J connectivity index is 1.31. The maximum atomic E-state index is 13.1. The first kappa shape index (κ1) is 23.0. The molecule has 2 aliphatic rings. The van der Waals surface area contributed by atoms with Gasteiger partial charge in [0.25, 0.3) is 0 Å². The third kappa shape index (κ3) is 4.72. The Labute approximate surface area is 204 Å². The predicted octanol–water partition coefficient (Wildman–Crippen LogP) is 4.35. The van der Waals surface area contributed by atoms with Gasteiger partial charge in [-0.3, -0.25) is 9.59 Å². The number of aryl methyl sites for hydroxylation is 1. The Morgan fingerprint density at radius 3 is 2.56 bits per heavy atom. The number of anilines is 1. The number of carbonyl (C=O) groups is 2. The van der Waals surface area contributed by atoms with Crippen LogP contribution in [0.1, 0.15) is 25.8 Å². The molecule has 1 fully saturated rings. The number of amides is 2. The topological polar surface area (TPSA) is 54.8 Å². The highest BCUT2D eigenvalue weighted by atomic mass is 32.2. The molecule has 2 amide bonds. The Bertz CT molecular complexity index is 1200. The molecule has 3 aromatic rings. The van der Waals surface area contributed by atoms with Crippen molar-refractivity contribution >= 4 is 40.2 Å². The third-order valence-corrected chi connectivity index (χ3v) is 7.62. The van der Waals surface area contributed by atoms with E-state index in [-0.39, 0.29) is 30.6 Å². The summed E-state index contributed by atoms with van der Waals surface area (Å²) in [6.45, 7) is 6.31.